The molecule has 1 saturated carbocycles. The van der Waals surface area contributed by atoms with Crippen LogP contribution in [-0.2, 0) is 4.79 Å². The minimum atomic E-state index is 0.426. The number of hydrogen-bond donors (Lipinski definition) is 1. The predicted octanol–water partition coefficient (Wildman–Crippen LogP) is 2.34. The third kappa shape index (κ3) is 3.02. The number of nitrogens with one attached hydrogen (secondary N) is 1. The van der Waals surface area contributed by atoms with E-state index in [9.17, 15) is 4.79 Å². The molecule has 0 bridgehead atoms. The van der Waals surface area contributed by atoms with Crippen LogP contribution in [-0.4, -0.2) is 13.0 Å². The van der Waals surface area contributed by atoms with Gasteiger partial charge in [0.1, 0.15) is 0 Å². The van der Waals surface area contributed by atoms with Crippen LogP contribution in [0.15, 0.2) is 0 Å². The molecule has 1 aliphatic carbocycles. The maximum Gasteiger partial charge on any atom is 0.207 e. The lowest BCUT2D eigenvalue weighted by molar-refractivity contribution is -0.110. The molecule has 0 spiro atoms. The van der Waals surface area contributed by atoms with E-state index in [1.165, 1.54) is 32.1 Å². The van der Waals surface area contributed by atoms with Gasteiger partial charge in [0.2, 0.25) is 6.41 Å². The molecule has 0 saturated heterocycles. The van der Waals surface area contributed by atoms with E-state index in [1.54, 1.807) is 0 Å². The lowest BCUT2D eigenvalue weighted by Crippen LogP contribution is -2.32. The van der Waals surface area contributed by atoms with Gasteiger partial charge in [-0.3, -0.25) is 4.79 Å². The Labute approximate surface area is 81.1 Å². The van der Waals surface area contributed by atoms with Crippen molar-refractivity contribution in [3.63, 3.8) is 0 Å². The second kappa shape index (κ2) is 4.64. The molecule has 0 aromatic carbocycles. The minimum absolute atomic E-state index is 0.426. The lowest BCUT2D eigenvalue weighted by Gasteiger charge is -2.30. The molecule has 1 rings (SSSR count). The fourth-order valence-electron chi connectivity index (χ4n) is 2.70. The van der Waals surface area contributed by atoms with Gasteiger partial charge < -0.3 is 5.32 Å². The first-order valence-corrected chi connectivity index (χ1v) is 5.36. The molecule has 2 nitrogen and oxygen atoms in total. The standard InChI is InChI=1S/C11H21NO/c1-10(2)7-11(8-12-9-13)5-3-4-6-11/h9-10H,3-8H2,1-2H3,(H,12,13). The Morgan fingerprint density at radius 2 is 2.00 bits per heavy atom. The molecular formula is C11H21NO. The monoisotopic (exact) mass is 183 g/mol. The van der Waals surface area contributed by atoms with E-state index >= 15 is 0 Å². The molecule has 0 radical (unpaired) electrons. The van der Waals surface area contributed by atoms with Crippen molar-refractivity contribution in [1.29, 1.82) is 0 Å². The summed E-state index contributed by atoms with van der Waals surface area (Å²) in [5.74, 6) is 0.742. The Bertz CT molecular complexity index is 159. The van der Waals surface area contributed by atoms with E-state index in [4.69, 9.17) is 0 Å². The summed E-state index contributed by atoms with van der Waals surface area (Å²) in [7, 11) is 0. The molecule has 2 heteroatoms. The van der Waals surface area contributed by atoms with Crippen molar-refractivity contribution in [2.45, 2.75) is 46.0 Å². The Balaban J connectivity index is 2.47. The van der Waals surface area contributed by atoms with Gasteiger partial charge >= 0.3 is 0 Å². The molecule has 0 unspecified atom stereocenters. The third-order valence-electron chi connectivity index (χ3n) is 3.07. The summed E-state index contributed by atoms with van der Waals surface area (Å²) in [5, 5.41) is 2.86. The molecule has 1 N–H and O–H groups in total. The van der Waals surface area contributed by atoms with E-state index < -0.39 is 0 Å². The second-order valence-electron chi connectivity index (χ2n) is 4.80. The summed E-state index contributed by atoms with van der Waals surface area (Å²) in [6.45, 7) is 5.41. The van der Waals surface area contributed by atoms with Crippen molar-refractivity contribution in [3.8, 4) is 0 Å². The molecule has 0 heterocycles. The average molecular weight is 183 g/mol. The van der Waals surface area contributed by atoms with E-state index in [2.05, 4.69) is 19.2 Å². The minimum Gasteiger partial charge on any atom is -0.358 e. The highest BCUT2D eigenvalue weighted by molar-refractivity contribution is 5.46. The first-order valence-electron chi connectivity index (χ1n) is 5.36. The van der Waals surface area contributed by atoms with Crippen LogP contribution in [0.1, 0.15) is 46.0 Å². The topological polar surface area (TPSA) is 29.1 Å². The van der Waals surface area contributed by atoms with Gasteiger partial charge in [-0.15, -0.1) is 0 Å². The highest BCUT2D eigenvalue weighted by atomic mass is 16.1. The van der Waals surface area contributed by atoms with Crippen LogP contribution in [0.25, 0.3) is 0 Å². The Kier molecular flexibility index (Phi) is 3.76. The maximum atomic E-state index is 10.3. The van der Waals surface area contributed by atoms with Crippen molar-refractivity contribution in [2.75, 3.05) is 6.54 Å². The zero-order valence-electron chi connectivity index (χ0n) is 8.81. The number of rotatable bonds is 5. The highest BCUT2D eigenvalue weighted by Crippen LogP contribution is 2.42. The van der Waals surface area contributed by atoms with Crippen LogP contribution < -0.4 is 5.32 Å². The van der Waals surface area contributed by atoms with Gasteiger partial charge in [-0.25, -0.2) is 0 Å². The first kappa shape index (κ1) is 10.6. The zero-order chi connectivity index (χ0) is 9.73. The predicted molar refractivity (Wildman–Crippen MR) is 54.4 cm³/mol. The van der Waals surface area contributed by atoms with Crippen LogP contribution in [0, 0.1) is 11.3 Å². The van der Waals surface area contributed by atoms with Gasteiger partial charge in [-0.1, -0.05) is 26.7 Å². The quantitative estimate of drug-likeness (QED) is 0.651. The normalized spacial score (nSPS) is 20.5. The fourth-order valence-corrected chi connectivity index (χ4v) is 2.70. The van der Waals surface area contributed by atoms with Gasteiger partial charge in [0.25, 0.3) is 0 Å². The van der Waals surface area contributed by atoms with Crippen molar-refractivity contribution in [3.05, 3.63) is 0 Å². The zero-order valence-corrected chi connectivity index (χ0v) is 8.81. The summed E-state index contributed by atoms with van der Waals surface area (Å²) < 4.78 is 0. The van der Waals surface area contributed by atoms with Gasteiger partial charge in [0.15, 0.2) is 0 Å². The molecule has 0 aromatic rings. The maximum absolute atomic E-state index is 10.3. The smallest absolute Gasteiger partial charge is 0.207 e. The summed E-state index contributed by atoms with van der Waals surface area (Å²) in [5.41, 5.74) is 0.426. The largest absolute Gasteiger partial charge is 0.358 e. The average Bonchev–Trinajstić information content (AvgIpc) is 2.49. The molecule has 1 fully saturated rings. The molecule has 13 heavy (non-hydrogen) atoms. The summed E-state index contributed by atoms with van der Waals surface area (Å²) in [6, 6.07) is 0. The fraction of sp³-hybridized carbons (Fsp3) is 0.909. The molecule has 0 aromatic heterocycles. The van der Waals surface area contributed by atoms with Crippen molar-refractivity contribution in [2.24, 2.45) is 11.3 Å². The summed E-state index contributed by atoms with van der Waals surface area (Å²) in [6.07, 6.45) is 7.37. The van der Waals surface area contributed by atoms with Crippen LogP contribution in [0.5, 0.6) is 0 Å². The molecule has 76 valence electrons. The summed E-state index contributed by atoms with van der Waals surface area (Å²) in [4.78, 5) is 10.3. The van der Waals surface area contributed by atoms with Gasteiger partial charge in [-0.05, 0) is 30.6 Å². The van der Waals surface area contributed by atoms with Crippen molar-refractivity contribution in [1.82, 2.24) is 5.32 Å². The van der Waals surface area contributed by atoms with E-state index in [0.29, 0.717) is 5.41 Å². The van der Waals surface area contributed by atoms with Crippen LogP contribution in [0.3, 0.4) is 0 Å². The Morgan fingerprint density at radius 1 is 1.38 bits per heavy atom. The number of carbonyl (C=O) groups excluding carboxylic acids is 1. The Morgan fingerprint density at radius 3 is 2.46 bits per heavy atom. The van der Waals surface area contributed by atoms with E-state index in [-0.39, 0.29) is 0 Å². The number of hydrogen-bond acceptors (Lipinski definition) is 1. The van der Waals surface area contributed by atoms with Gasteiger partial charge in [0.05, 0.1) is 0 Å². The molecule has 0 atom stereocenters. The molecule has 1 amide bonds. The van der Waals surface area contributed by atoms with Crippen molar-refractivity contribution < 1.29 is 4.79 Å². The van der Waals surface area contributed by atoms with Gasteiger partial charge in [0, 0.05) is 6.54 Å². The highest BCUT2D eigenvalue weighted by Gasteiger charge is 2.33. The molecule has 1 aliphatic rings. The SMILES string of the molecule is CC(C)CC1(CNC=O)CCCC1. The Hall–Kier alpha value is -0.530. The van der Waals surface area contributed by atoms with E-state index in [1.807, 2.05) is 0 Å². The van der Waals surface area contributed by atoms with Crippen LogP contribution in [0.2, 0.25) is 0 Å². The molecule has 0 aliphatic heterocycles. The third-order valence-corrected chi connectivity index (χ3v) is 3.07. The van der Waals surface area contributed by atoms with Crippen LogP contribution >= 0.6 is 0 Å². The van der Waals surface area contributed by atoms with E-state index in [0.717, 1.165) is 18.9 Å². The first-order chi connectivity index (χ1) is 6.18. The molecular weight excluding hydrogens is 162 g/mol. The van der Waals surface area contributed by atoms with Crippen LogP contribution in [0.4, 0.5) is 0 Å². The number of amides is 1. The lowest BCUT2D eigenvalue weighted by atomic mass is 9.78. The second-order valence-corrected chi connectivity index (χ2v) is 4.80. The van der Waals surface area contributed by atoms with Gasteiger partial charge in [-0.2, -0.15) is 0 Å². The summed E-state index contributed by atoms with van der Waals surface area (Å²) >= 11 is 0. The number of carbonyl (C=O) groups is 1. The van der Waals surface area contributed by atoms with Crippen molar-refractivity contribution >= 4 is 6.41 Å².